The lowest BCUT2D eigenvalue weighted by molar-refractivity contribution is 0.403. The normalized spacial score (nSPS) is 17.4. The van der Waals surface area contributed by atoms with Crippen molar-refractivity contribution < 1.29 is 4.74 Å². The molecule has 192 valence electrons. The summed E-state index contributed by atoms with van der Waals surface area (Å²) < 4.78 is 6.38. The van der Waals surface area contributed by atoms with Gasteiger partial charge in [0.25, 0.3) is 0 Å². The van der Waals surface area contributed by atoms with E-state index in [1.165, 1.54) is 22.3 Å². The molecular formula is C38H29NO. The van der Waals surface area contributed by atoms with Crippen molar-refractivity contribution >= 4 is 0 Å². The van der Waals surface area contributed by atoms with E-state index in [1.54, 1.807) is 6.08 Å². The van der Waals surface area contributed by atoms with Crippen molar-refractivity contribution in [3.05, 3.63) is 186 Å². The second-order valence-corrected chi connectivity index (χ2v) is 10.4. The maximum Gasteiger partial charge on any atom is 0.132 e. The molecule has 2 heteroatoms. The Kier molecular flexibility index (Phi) is 5.66. The van der Waals surface area contributed by atoms with Gasteiger partial charge < -0.3 is 10.5 Å². The summed E-state index contributed by atoms with van der Waals surface area (Å²) in [7, 11) is 0. The van der Waals surface area contributed by atoms with Crippen LogP contribution in [0.3, 0.4) is 0 Å². The Hall–Kier alpha value is -4.92. The first kappa shape index (κ1) is 24.1. The van der Waals surface area contributed by atoms with Crippen molar-refractivity contribution in [3.8, 4) is 28.0 Å². The third-order valence-electron chi connectivity index (χ3n) is 8.35. The first-order valence-electron chi connectivity index (χ1n) is 13.6. The van der Waals surface area contributed by atoms with E-state index in [0.29, 0.717) is 0 Å². The van der Waals surface area contributed by atoms with Crippen LogP contribution < -0.4 is 10.5 Å². The summed E-state index contributed by atoms with van der Waals surface area (Å²) in [4.78, 5) is 0. The number of hydrogen-bond acceptors (Lipinski definition) is 2. The number of ether oxygens (including phenoxy) is 1. The van der Waals surface area contributed by atoms with Crippen LogP contribution in [-0.2, 0) is 5.41 Å². The molecule has 0 saturated heterocycles. The highest BCUT2D eigenvalue weighted by Crippen LogP contribution is 2.61. The Labute approximate surface area is 235 Å². The molecule has 0 amide bonds. The Morgan fingerprint density at radius 2 is 1.27 bits per heavy atom. The maximum atomic E-state index is 6.70. The van der Waals surface area contributed by atoms with Crippen LogP contribution >= 0.6 is 0 Å². The molecule has 0 fully saturated rings. The van der Waals surface area contributed by atoms with E-state index < -0.39 is 5.41 Å². The van der Waals surface area contributed by atoms with E-state index in [2.05, 4.69) is 104 Å². The van der Waals surface area contributed by atoms with Crippen LogP contribution in [0.15, 0.2) is 158 Å². The molecule has 0 bridgehead atoms. The van der Waals surface area contributed by atoms with E-state index in [4.69, 9.17) is 10.5 Å². The summed E-state index contributed by atoms with van der Waals surface area (Å²) >= 11 is 0. The van der Waals surface area contributed by atoms with Crippen molar-refractivity contribution in [2.24, 2.45) is 5.73 Å². The summed E-state index contributed by atoms with van der Waals surface area (Å²) in [5.41, 5.74) is 17.6. The van der Waals surface area contributed by atoms with Crippen LogP contribution in [0.1, 0.15) is 33.9 Å². The summed E-state index contributed by atoms with van der Waals surface area (Å²) in [6, 6.07) is 42.5. The highest BCUT2D eigenvalue weighted by molar-refractivity contribution is 5.90. The number of rotatable bonds is 5. The minimum absolute atomic E-state index is 0.195. The Balaban J connectivity index is 1.47. The molecule has 1 spiro atoms. The van der Waals surface area contributed by atoms with E-state index in [1.807, 2.05) is 36.4 Å². The van der Waals surface area contributed by atoms with Crippen LogP contribution in [0.25, 0.3) is 22.3 Å². The average Bonchev–Trinajstić information content (AvgIpc) is 3.31. The fraction of sp³-hybridized carbons (Fsp3) is 0.0526. The van der Waals surface area contributed by atoms with E-state index >= 15 is 0 Å². The molecule has 40 heavy (non-hydrogen) atoms. The maximum absolute atomic E-state index is 6.70. The predicted octanol–water partition coefficient (Wildman–Crippen LogP) is 8.74. The molecule has 2 N–H and O–H groups in total. The summed E-state index contributed by atoms with van der Waals surface area (Å²) in [5.74, 6) is 1.57. The first-order chi connectivity index (χ1) is 19.7. The van der Waals surface area contributed by atoms with Crippen molar-refractivity contribution in [2.75, 3.05) is 0 Å². The van der Waals surface area contributed by atoms with Gasteiger partial charge in [-0.15, -0.1) is 0 Å². The van der Waals surface area contributed by atoms with Gasteiger partial charge in [-0.1, -0.05) is 122 Å². The van der Waals surface area contributed by atoms with Crippen molar-refractivity contribution in [1.82, 2.24) is 0 Å². The Morgan fingerprint density at radius 1 is 0.600 bits per heavy atom. The number of hydrogen-bond donors (Lipinski definition) is 1. The zero-order valence-electron chi connectivity index (χ0n) is 22.2. The number of nitrogens with two attached hydrogens (primary N) is 1. The monoisotopic (exact) mass is 515 g/mol. The molecule has 0 aromatic heterocycles. The van der Waals surface area contributed by atoms with Gasteiger partial charge in [0, 0.05) is 11.1 Å². The summed E-state index contributed by atoms with van der Waals surface area (Å²) in [5, 5.41) is 0. The standard InChI is InChI=1S/C38H29NO/c1-3-31-35(4-2)40-36-20-11-10-19-33(36)38(31)32-18-9-8-17-29(32)30-22-21-27(24-34(30)38)26-15-12-16-28(23-26)37(39)25-13-6-5-7-14-25/h3-24,37H,1-2,39H2. The first-order valence-corrected chi connectivity index (χ1v) is 13.6. The van der Waals surface area contributed by atoms with Gasteiger partial charge in [-0.2, -0.15) is 0 Å². The molecule has 2 unspecified atom stereocenters. The van der Waals surface area contributed by atoms with Gasteiger partial charge in [0.15, 0.2) is 0 Å². The van der Waals surface area contributed by atoms with Crippen LogP contribution in [0.4, 0.5) is 0 Å². The lowest BCUT2D eigenvalue weighted by Crippen LogP contribution is -2.34. The van der Waals surface area contributed by atoms with Crippen LogP contribution in [0.5, 0.6) is 5.75 Å². The molecule has 0 saturated carbocycles. The molecule has 2 atom stereocenters. The van der Waals surface area contributed by atoms with E-state index in [9.17, 15) is 0 Å². The lowest BCUT2D eigenvalue weighted by atomic mass is 9.65. The molecule has 7 rings (SSSR count). The molecule has 1 aliphatic heterocycles. The molecule has 0 radical (unpaired) electrons. The molecule has 1 heterocycles. The molecule has 5 aromatic carbocycles. The van der Waals surface area contributed by atoms with E-state index in [0.717, 1.165) is 44.9 Å². The van der Waals surface area contributed by atoms with Gasteiger partial charge in [0.1, 0.15) is 11.5 Å². The minimum Gasteiger partial charge on any atom is -0.457 e. The highest BCUT2D eigenvalue weighted by Gasteiger charge is 2.51. The molecule has 2 nitrogen and oxygen atoms in total. The average molecular weight is 516 g/mol. The van der Waals surface area contributed by atoms with Gasteiger partial charge in [0.2, 0.25) is 0 Å². The quantitative estimate of drug-likeness (QED) is 0.254. The van der Waals surface area contributed by atoms with Gasteiger partial charge in [-0.05, 0) is 68.8 Å². The topological polar surface area (TPSA) is 35.2 Å². The number of para-hydroxylation sites is 1. The lowest BCUT2D eigenvalue weighted by Gasteiger charge is -2.39. The zero-order chi connectivity index (χ0) is 27.3. The van der Waals surface area contributed by atoms with E-state index in [-0.39, 0.29) is 6.04 Å². The minimum atomic E-state index is -0.569. The van der Waals surface area contributed by atoms with Crippen molar-refractivity contribution in [3.63, 3.8) is 0 Å². The number of benzene rings is 5. The smallest absolute Gasteiger partial charge is 0.132 e. The van der Waals surface area contributed by atoms with Crippen LogP contribution in [0, 0.1) is 0 Å². The number of fused-ring (bicyclic) bond motifs is 7. The molecule has 5 aromatic rings. The highest BCUT2D eigenvalue weighted by atomic mass is 16.5. The Bertz CT molecular complexity index is 1830. The molecule has 1 aliphatic carbocycles. The van der Waals surface area contributed by atoms with Crippen molar-refractivity contribution in [2.45, 2.75) is 11.5 Å². The third kappa shape index (κ3) is 3.40. The van der Waals surface area contributed by atoms with Gasteiger partial charge >= 0.3 is 0 Å². The van der Waals surface area contributed by atoms with Crippen LogP contribution in [-0.4, -0.2) is 0 Å². The molecule has 2 aliphatic rings. The van der Waals surface area contributed by atoms with Gasteiger partial charge in [-0.25, -0.2) is 0 Å². The second-order valence-electron chi connectivity index (χ2n) is 10.4. The van der Waals surface area contributed by atoms with Crippen LogP contribution in [0.2, 0.25) is 0 Å². The Morgan fingerprint density at radius 3 is 2.08 bits per heavy atom. The largest absolute Gasteiger partial charge is 0.457 e. The fourth-order valence-electron chi connectivity index (χ4n) is 6.58. The predicted molar refractivity (Wildman–Crippen MR) is 164 cm³/mol. The number of allylic oxidation sites excluding steroid dienone is 3. The van der Waals surface area contributed by atoms with Crippen molar-refractivity contribution in [1.29, 1.82) is 0 Å². The third-order valence-corrected chi connectivity index (χ3v) is 8.35. The summed E-state index contributed by atoms with van der Waals surface area (Å²) in [6.45, 7) is 8.36. The summed E-state index contributed by atoms with van der Waals surface area (Å²) in [6.07, 6.45) is 3.73. The molecular weight excluding hydrogens is 486 g/mol. The fourth-order valence-corrected chi connectivity index (χ4v) is 6.58. The SMILES string of the molecule is C=CC1=C(C=C)C2(c3ccccc3O1)c1ccccc1-c1ccc(-c3cccc(C(N)c4ccccc4)c3)cc12. The van der Waals surface area contributed by atoms with Gasteiger partial charge in [0.05, 0.1) is 11.5 Å². The van der Waals surface area contributed by atoms with Gasteiger partial charge in [-0.3, -0.25) is 0 Å². The second kappa shape index (κ2) is 9.37. The zero-order valence-corrected chi connectivity index (χ0v) is 22.2.